The standard InChI is InChI=1S/C10H11FO2/c1-7-2-4-8(5-3-7)6-9(11)10(12)13/h2-5,9H,6H2,1H3,(H,12,13). The van der Waals surface area contributed by atoms with Gasteiger partial charge in [-0.05, 0) is 12.5 Å². The summed E-state index contributed by atoms with van der Waals surface area (Å²) in [6.07, 6.45) is -1.86. The monoisotopic (exact) mass is 182 g/mol. The molecule has 0 amide bonds. The molecule has 3 heteroatoms. The van der Waals surface area contributed by atoms with Gasteiger partial charge in [-0.15, -0.1) is 0 Å². The van der Waals surface area contributed by atoms with Gasteiger partial charge < -0.3 is 5.11 Å². The zero-order chi connectivity index (χ0) is 9.84. The fourth-order valence-corrected chi connectivity index (χ4v) is 1.02. The summed E-state index contributed by atoms with van der Waals surface area (Å²) in [6.45, 7) is 1.92. The van der Waals surface area contributed by atoms with Crippen LogP contribution in [0.1, 0.15) is 11.1 Å². The molecule has 0 spiro atoms. The van der Waals surface area contributed by atoms with Crippen molar-refractivity contribution in [1.29, 1.82) is 0 Å². The fraction of sp³-hybridized carbons (Fsp3) is 0.300. The number of alkyl halides is 1. The Morgan fingerprint density at radius 1 is 1.46 bits per heavy atom. The number of halogens is 1. The molecule has 0 fully saturated rings. The second-order valence-electron chi connectivity index (χ2n) is 3.00. The first kappa shape index (κ1) is 9.71. The lowest BCUT2D eigenvalue weighted by molar-refractivity contribution is -0.142. The van der Waals surface area contributed by atoms with Crippen LogP contribution in [0.3, 0.4) is 0 Å². The van der Waals surface area contributed by atoms with Crippen molar-refractivity contribution in [1.82, 2.24) is 0 Å². The highest BCUT2D eigenvalue weighted by Crippen LogP contribution is 2.07. The van der Waals surface area contributed by atoms with Crippen molar-refractivity contribution < 1.29 is 14.3 Å². The lowest BCUT2D eigenvalue weighted by Crippen LogP contribution is -2.16. The Bertz CT molecular complexity index is 292. The minimum atomic E-state index is -1.80. The number of carboxylic acids is 1. The molecule has 70 valence electrons. The maximum Gasteiger partial charge on any atom is 0.338 e. The fourth-order valence-electron chi connectivity index (χ4n) is 1.02. The Balaban J connectivity index is 2.64. The van der Waals surface area contributed by atoms with Gasteiger partial charge in [0.1, 0.15) is 0 Å². The predicted octanol–water partition coefficient (Wildman–Crippen LogP) is 1.96. The summed E-state index contributed by atoms with van der Waals surface area (Å²) in [7, 11) is 0. The molecule has 0 aliphatic rings. The van der Waals surface area contributed by atoms with Crippen LogP contribution in [-0.2, 0) is 11.2 Å². The molecule has 0 saturated heterocycles. The maximum absolute atomic E-state index is 12.7. The molecule has 1 rings (SSSR count). The lowest BCUT2D eigenvalue weighted by atomic mass is 10.1. The van der Waals surface area contributed by atoms with Crippen molar-refractivity contribution >= 4 is 5.97 Å². The zero-order valence-corrected chi connectivity index (χ0v) is 7.33. The van der Waals surface area contributed by atoms with Gasteiger partial charge in [0.15, 0.2) is 0 Å². The number of carboxylic acid groups (broad SMARTS) is 1. The second-order valence-corrected chi connectivity index (χ2v) is 3.00. The van der Waals surface area contributed by atoms with E-state index in [9.17, 15) is 9.18 Å². The quantitative estimate of drug-likeness (QED) is 0.775. The van der Waals surface area contributed by atoms with E-state index in [0.717, 1.165) is 5.56 Å². The van der Waals surface area contributed by atoms with E-state index < -0.39 is 12.1 Å². The first-order chi connectivity index (χ1) is 6.09. The molecule has 0 radical (unpaired) electrons. The van der Waals surface area contributed by atoms with E-state index in [1.165, 1.54) is 0 Å². The van der Waals surface area contributed by atoms with Gasteiger partial charge in [-0.3, -0.25) is 0 Å². The SMILES string of the molecule is Cc1ccc(CC(F)C(=O)O)cc1. The van der Waals surface area contributed by atoms with Crippen molar-refractivity contribution in [2.24, 2.45) is 0 Å². The van der Waals surface area contributed by atoms with Gasteiger partial charge in [0, 0.05) is 6.42 Å². The Morgan fingerprint density at radius 3 is 2.46 bits per heavy atom. The molecule has 1 N–H and O–H groups in total. The van der Waals surface area contributed by atoms with Crippen molar-refractivity contribution in [2.45, 2.75) is 19.5 Å². The normalized spacial score (nSPS) is 12.5. The molecule has 0 saturated carbocycles. The number of aliphatic carboxylic acids is 1. The molecule has 0 aliphatic heterocycles. The van der Waals surface area contributed by atoms with Crippen molar-refractivity contribution in [2.75, 3.05) is 0 Å². The average molecular weight is 182 g/mol. The number of rotatable bonds is 3. The number of hydrogen-bond acceptors (Lipinski definition) is 1. The second kappa shape index (κ2) is 4.03. The van der Waals surface area contributed by atoms with Gasteiger partial charge in [-0.1, -0.05) is 29.8 Å². The number of aryl methyl sites for hydroxylation is 1. The molecular weight excluding hydrogens is 171 g/mol. The van der Waals surface area contributed by atoms with Crippen LogP contribution in [0.2, 0.25) is 0 Å². The van der Waals surface area contributed by atoms with Gasteiger partial charge in [-0.25, -0.2) is 9.18 Å². The minimum absolute atomic E-state index is 0.0599. The van der Waals surface area contributed by atoms with Crippen LogP contribution in [-0.4, -0.2) is 17.2 Å². The van der Waals surface area contributed by atoms with Crippen molar-refractivity contribution in [3.05, 3.63) is 35.4 Å². The Hall–Kier alpha value is -1.38. The average Bonchev–Trinajstić information content (AvgIpc) is 2.08. The third-order valence-electron chi connectivity index (χ3n) is 1.80. The van der Waals surface area contributed by atoms with Crippen LogP contribution in [0, 0.1) is 6.92 Å². The van der Waals surface area contributed by atoms with Gasteiger partial charge in [0.05, 0.1) is 0 Å². The van der Waals surface area contributed by atoms with E-state index >= 15 is 0 Å². The largest absolute Gasteiger partial charge is 0.479 e. The Morgan fingerprint density at radius 2 is 2.00 bits per heavy atom. The Labute approximate surface area is 76.0 Å². The van der Waals surface area contributed by atoms with Crippen LogP contribution in [0.25, 0.3) is 0 Å². The van der Waals surface area contributed by atoms with E-state index in [4.69, 9.17) is 5.11 Å². The van der Waals surface area contributed by atoms with Gasteiger partial charge >= 0.3 is 5.97 Å². The summed E-state index contributed by atoms with van der Waals surface area (Å²) in [5, 5.41) is 8.32. The molecule has 13 heavy (non-hydrogen) atoms. The smallest absolute Gasteiger partial charge is 0.338 e. The summed E-state index contributed by atoms with van der Waals surface area (Å²) < 4.78 is 12.7. The Kier molecular flexibility index (Phi) is 3.01. The van der Waals surface area contributed by atoms with Crippen LogP contribution in [0.4, 0.5) is 4.39 Å². The predicted molar refractivity (Wildman–Crippen MR) is 47.4 cm³/mol. The maximum atomic E-state index is 12.7. The third-order valence-corrected chi connectivity index (χ3v) is 1.80. The molecule has 1 aromatic carbocycles. The summed E-state index contributed by atoms with van der Waals surface area (Å²) in [4.78, 5) is 10.2. The molecule has 0 heterocycles. The molecule has 0 aromatic heterocycles. The van der Waals surface area contributed by atoms with Crippen LogP contribution in [0.15, 0.2) is 24.3 Å². The summed E-state index contributed by atoms with van der Waals surface area (Å²) in [6, 6.07) is 7.16. The molecule has 1 unspecified atom stereocenters. The molecular formula is C10H11FO2. The zero-order valence-electron chi connectivity index (χ0n) is 7.33. The molecule has 1 aromatic rings. The highest BCUT2D eigenvalue weighted by Gasteiger charge is 2.15. The molecule has 0 aliphatic carbocycles. The lowest BCUT2D eigenvalue weighted by Gasteiger charge is -2.03. The van der Waals surface area contributed by atoms with E-state index in [2.05, 4.69) is 0 Å². The number of carbonyl (C=O) groups is 1. The number of benzene rings is 1. The first-order valence-electron chi connectivity index (χ1n) is 4.02. The third kappa shape index (κ3) is 2.86. The van der Waals surface area contributed by atoms with Gasteiger partial charge in [-0.2, -0.15) is 0 Å². The molecule has 1 atom stereocenters. The summed E-state index contributed by atoms with van der Waals surface area (Å²) >= 11 is 0. The van der Waals surface area contributed by atoms with E-state index in [1.54, 1.807) is 12.1 Å². The van der Waals surface area contributed by atoms with E-state index in [-0.39, 0.29) is 6.42 Å². The topological polar surface area (TPSA) is 37.3 Å². The van der Waals surface area contributed by atoms with Gasteiger partial charge in [0.2, 0.25) is 6.17 Å². The summed E-state index contributed by atoms with van der Waals surface area (Å²) in [5.74, 6) is -1.40. The van der Waals surface area contributed by atoms with E-state index in [0.29, 0.717) is 5.56 Å². The van der Waals surface area contributed by atoms with Crippen LogP contribution < -0.4 is 0 Å². The van der Waals surface area contributed by atoms with Crippen molar-refractivity contribution in [3.8, 4) is 0 Å². The number of hydrogen-bond donors (Lipinski definition) is 1. The molecule has 0 bridgehead atoms. The first-order valence-corrected chi connectivity index (χ1v) is 4.02. The van der Waals surface area contributed by atoms with Crippen LogP contribution in [0.5, 0.6) is 0 Å². The van der Waals surface area contributed by atoms with Crippen LogP contribution >= 0.6 is 0 Å². The highest BCUT2D eigenvalue weighted by molar-refractivity contribution is 5.72. The minimum Gasteiger partial charge on any atom is -0.479 e. The van der Waals surface area contributed by atoms with E-state index in [1.807, 2.05) is 19.1 Å². The van der Waals surface area contributed by atoms with Crippen molar-refractivity contribution in [3.63, 3.8) is 0 Å². The molecule has 2 nitrogen and oxygen atoms in total. The highest BCUT2D eigenvalue weighted by atomic mass is 19.1. The van der Waals surface area contributed by atoms with Gasteiger partial charge in [0.25, 0.3) is 0 Å². The summed E-state index contributed by atoms with van der Waals surface area (Å²) in [5.41, 5.74) is 1.79.